The van der Waals surface area contributed by atoms with Gasteiger partial charge in [-0.3, -0.25) is 4.79 Å². The second-order valence-corrected chi connectivity index (χ2v) is 6.99. The van der Waals surface area contributed by atoms with Gasteiger partial charge in [-0.05, 0) is 28.8 Å². The van der Waals surface area contributed by atoms with Gasteiger partial charge in [0.1, 0.15) is 5.75 Å². The standard InChI is InChI=1S/C22H20N2O2/c1-22(16-8-3-2-4-9-16)13-19(22)21(26)24-23-14-18-17-10-6-5-7-15(17)11-12-20(18)25/h2-12,14,19,25H,13H2,1H3,(H,24,26)/b23-14-/t19-,22-/m1/s1. The molecular weight excluding hydrogens is 324 g/mol. The van der Waals surface area contributed by atoms with Crippen molar-refractivity contribution in [1.29, 1.82) is 0 Å². The number of nitrogens with zero attached hydrogens (tertiary/aromatic N) is 1. The first-order chi connectivity index (χ1) is 12.6. The van der Waals surface area contributed by atoms with E-state index in [4.69, 9.17) is 0 Å². The molecule has 1 fully saturated rings. The highest BCUT2D eigenvalue weighted by molar-refractivity contribution is 6.02. The summed E-state index contributed by atoms with van der Waals surface area (Å²) in [4.78, 5) is 12.4. The third-order valence-electron chi connectivity index (χ3n) is 5.30. The molecule has 4 heteroatoms. The van der Waals surface area contributed by atoms with E-state index in [-0.39, 0.29) is 23.0 Å². The van der Waals surface area contributed by atoms with Gasteiger partial charge in [-0.25, -0.2) is 5.43 Å². The van der Waals surface area contributed by atoms with Crippen molar-refractivity contribution in [2.45, 2.75) is 18.8 Å². The zero-order chi connectivity index (χ0) is 18.1. The van der Waals surface area contributed by atoms with Crippen molar-refractivity contribution in [3.8, 4) is 5.75 Å². The molecule has 0 unspecified atom stereocenters. The van der Waals surface area contributed by atoms with Crippen molar-refractivity contribution in [2.24, 2.45) is 11.0 Å². The SMILES string of the molecule is C[C@]1(c2ccccc2)C[C@@H]1C(=O)N/N=C\c1c(O)ccc2ccccc12. The lowest BCUT2D eigenvalue weighted by atomic mass is 9.95. The predicted octanol–water partition coefficient (Wildman–Crippen LogP) is 3.97. The molecule has 0 aliphatic heterocycles. The summed E-state index contributed by atoms with van der Waals surface area (Å²) in [5, 5.41) is 16.1. The molecule has 1 aliphatic rings. The molecule has 1 amide bonds. The zero-order valence-corrected chi connectivity index (χ0v) is 14.5. The highest BCUT2D eigenvalue weighted by Gasteiger charge is 2.55. The Balaban J connectivity index is 1.49. The van der Waals surface area contributed by atoms with Gasteiger partial charge in [-0.2, -0.15) is 5.10 Å². The average Bonchev–Trinajstić information content (AvgIpc) is 3.37. The van der Waals surface area contributed by atoms with Crippen molar-refractivity contribution in [2.75, 3.05) is 0 Å². The number of rotatable bonds is 4. The van der Waals surface area contributed by atoms with Gasteiger partial charge in [-0.1, -0.05) is 67.6 Å². The number of hydrogen-bond acceptors (Lipinski definition) is 3. The first-order valence-electron chi connectivity index (χ1n) is 8.69. The lowest BCUT2D eigenvalue weighted by Crippen LogP contribution is -2.23. The van der Waals surface area contributed by atoms with Crippen LogP contribution in [-0.2, 0) is 10.2 Å². The number of phenolic OH excluding ortho intramolecular Hbond substituents is 1. The quantitative estimate of drug-likeness (QED) is 0.556. The third-order valence-corrected chi connectivity index (χ3v) is 5.30. The number of benzene rings is 3. The molecule has 4 nitrogen and oxygen atoms in total. The van der Waals surface area contributed by atoms with E-state index in [1.807, 2.05) is 48.5 Å². The number of hydrogen-bond donors (Lipinski definition) is 2. The van der Waals surface area contributed by atoms with Gasteiger partial charge >= 0.3 is 0 Å². The Morgan fingerprint density at radius 1 is 1.12 bits per heavy atom. The molecule has 0 radical (unpaired) electrons. The fraction of sp³-hybridized carbons (Fsp3) is 0.182. The maximum Gasteiger partial charge on any atom is 0.244 e. The van der Waals surface area contributed by atoms with Gasteiger partial charge in [0, 0.05) is 11.0 Å². The molecule has 1 aliphatic carbocycles. The summed E-state index contributed by atoms with van der Waals surface area (Å²) in [5.74, 6) is -0.0299. The number of carbonyl (C=O) groups excluding carboxylic acids is 1. The molecule has 0 saturated heterocycles. The van der Waals surface area contributed by atoms with Crippen molar-refractivity contribution in [3.63, 3.8) is 0 Å². The van der Waals surface area contributed by atoms with Crippen LogP contribution in [0.4, 0.5) is 0 Å². The molecular formula is C22H20N2O2. The van der Waals surface area contributed by atoms with Crippen LogP contribution in [-0.4, -0.2) is 17.2 Å². The minimum Gasteiger partial charge on any atom is -0.507 e. The van der Waals surface area contributed by atoms with Gasteiger partial charge in [0.25, 0.3) is 0 Å². The Kier molecular flexibility index (Phi) is 3.96. The van der Waals surface area contributed by atoms with Crippen LogP contribution in [0.3, 0.4) is 0 Å². The molecule has 3 aromatic carbocycles. The summed E-state index contributed by atoms with van der Waals surface area (Å²) in [5.41, 5.74) is 4.29. The van der Waals surface area contributed by atoms with Crippen molar-refractivity contribution >= 4 is 22.9 Å². The smallest absolute Gasteiger partial charge is 0.244 e. The molecule has 1 saturated carbocycles. The first-order valence-corrected chi connectivity index (χ1v) is 8.69. The van der Waals surface area contributed by atoms with Crippen LogP contribution in [0.25, 0.3) is 10.8 Å². The Hall–Kier alpha value is -3.14. The van der Waals surface area contributed by atoms with Crippen LogP contribution in [0.5, 0.6) is 5.75 Å². The molecule has 26 heavy (non-hydrogen) atoms. The monoisotopic (exact) mass is 344 g/mol. The molecule has 130 valence electrons. The highest BCUT2D eigenvalue weighted by Crippen LogP contribution is 2.53. The largest absolute Gasteiger partial charge is 0.507 e. The van der Waals surface area contributed by atoms with E-state index in [0.29, 0.717) is 5.56 Å². The minimum absolute atomic E-state index is 0.0804. The summed E-state index contributed by atoms with van der Waals surface area (Å²) >= 11 is 0. The van der Waals surface area contributed by atoms with E-state index < -0.39 is 0 Å². The summed E-state index contributed by atoms with van der Waals surface area (Å²) in [7, 11) is 0. The molecule has 3 aromatic rings. The Morgan fingerprint density at radius 3 is 2.65 bits per heavy atom. The van der Waals surface area contributed by atoms with Gasteiger partial charge in [-0.15, -0.1) is 0 Å². The summed E-state index contributed by atoms with van der Waals surface area (Å²) in [6.45, 7) is 2.10. The van der Waals surface area contributed by atoms with Crippen LogP contribution < -0.4 is 5.43 Å². The Morgan fingerprint density at radius 2 is 1.85 bits per heavy atom. The number of hydrazone groups is 1. The van der Waals surface area contributed by atoms with Gasteiger partial charge in [0.05, 0.1) is 12.1 Å². The number of amides is 1. The van der Waals surface area contributed by atoms with Crippen molar-refractivity contribution in [1.82, 2.24) is 5.43 Å². The minimum atomic E-state index is -0.123. The number of phenols is 1. The van der Waals surface area contributed by atoms with Crippen LogP contribution in [0.15, 0.2) is 71.8 Å². The van der Waals surface area contributed by atoms with Crippen LogP contribution in [0.1, 0.15) is 24.5 Å². The van der Waals surface area contributed by atoms with E-state index in [1.165, 1.54) is 11.8 Å². The molecule has 0 bridgehead atoms. The fourth-order valence-electron chi connectivity index (χ4n) is 3.54. The van der Waals surface area contributed by atoms with Crippen LogP contribution in [0, 0.1) is 5.92 Å². The zero-order valence-electron chi connectivity index (χ0n) is 14.5. The van der Waals surface area contributed by atoms with E-state index in [0.717, 1.165) is 17.2 Å². The van der Waals surface area contributed by atoms with Crippen molar-refractivity contribution < 1.29 is 9.90 Å². The fourth-order valence-corrected chi connectivity index (χ4v) is 3.54. The maximum absolute atomic E-state index is 12.4. The van der Waals surface area contributed by atoms with E-state index in [2.05, 4.69) is 29.6 Å². The van der Waals surface area contributed by atoms with E-state index in [9.17, 15) is 9.90 Å². The Labute approximate surface area is 152 Å². The molecule has 0 spiro atoms. The van der Waals surface area contributed by atoms with Crippen LogP contribution in [0.2, 0.25) is 0 Å². The number of aromatic hydroxyl groups is 1. The molecule has 2 N–H and O–H groups in total. The second kappa shape index (κ2) is 6.30. The first kappa shape index (κ1) is 16.3. The molecule has 0 heterocycles. The second-order valence-electron chi connectivity index (χ2n) is 6.99. The lowest BCUT2D eigenvalue weighted by molar-refractivity contribution is -0.122. The topological polar surface area (TPSA) is 61.7 Å². The van der Waals surface area contributed by atoms with Crippen LogP contribution >= 0.6 is 0 Å². The number of carbonyl (C=O) groups is 1. The molecule has 0 aromatic heterocycles. The van der Waals surface area contributed by atoms with Gasteiger partial charge < -0.3 is 5.11 Å². The predicted molar refractivity (Wildman–Crippen MR) is 103 cm³/mol. The van der Waals surface area contributed by atoms with E-state index in [1.54, 1.807) is 6.07 Å². The summed E-state index contributed by atoms with van der Waals surface area (Å²) < 4.78 is 0. The normalized spacial score (nSPS) is 21.8. The summed E-state index contributed by atoms with van der Waals surface area (Å²) in [6.07, 6.45) is 2.33. The van der Waals surface area contributed by atoms with Crippen molar-refractivity contribution in [3.05, 3.63) is 77.9 Å². The summed E-state index contributed by atoms with van der Waals surface area (Å²) in [6, 6.07) is 21.3. The van der Waals surface area contributed by atoms with Gasteiger partial charge in [0.15, 0.2) is 0 Å². The number of fused-ring (bicyclic) bond motifs is 1. The molecule has 2 atom stereocenters. The molecule has 4 rings (SSSR count). The lowest BCUT2D eigenvalue weighted by Gasteiger charge is -2.10. The Bertz CT molecular complexity index is 997. The van der Waals surface area contributed by atoms with E-state index >= 15 is 0 Å². The average molecular weight is 344 g/mol. The van der Waals surface area contributed by atoms with Gasteiger partial charge in [0.2, 0.25) is 5.91 Å². The highest BCUT2D eigenvalue weighted by atomic mass is 16.3. The third kappa shape index (κ3) is 2.84. The number of nitrogens with one attached hydrogen (secondary N) is 1. The maximum atomic E-state index is 12.4.